The number of imidazole rings is 1. The van der Waals surface area contributed by atoms with E-state index in [2.05, 4.69) is 29.8 Å². The van der Waals surface area contributed by atoms with Gasteiger partial charge in [0.2, 0.25) is 0 Å². The molecule has 3 rings (SSSR count). The van der Waals surface area contributed by atoms with Crippen LogP contribution in [0, 0.1) is 5.92 Å². The van der Waals surface area contributed by atoms with Crippen LogP contribution in [0.5, 0.6) is 5.75 Å². The van der Waals surface area contributed by atoms with E-state index in [0.717, 1.165) is 55.7 Å². The van der Waals surface area contributed by atoms with Crippen LogP contribution in [0.1, 0.15) is 89.1 Å². The average Bonchev–Trinajstić information content (AvgIpc) is 3.13. The Balaban J connectivity index is 1.88. The van der Waals surface area contributed by atoms with Crippen LogP contribution in [0.3, 0.4) is 0 Å². The summed E-state index contributed by atoms with van der Waals surface area (Å²) >= 11 is 0. The summed E-state index contributed by atoms with van der Waals surface area (Å²) < 4.78 is 7.73. The van der Waals surface area contributed by atoms with Gasteiger partial charge >= 0.3 is 0 Å². The minimum atomic E-state index is 0.392. The van der Waals surface area contributed by atoms with E-state index in [1.807, 2.05) is 13.1 Å². The van der Waals surface area contributed by atoms with Crippen LogP contribution in [0.2, 0.25) is 0 Å². The van der Waals surface area contributed by atoms with Crippen LogP contribution < -0.4 is 5.32 Å². The minimum Gasteiger partial charge on any atom is -0.508 e. The first-order valence-corrected chi connectivity index (χ1v) is 12.4. The number of nitrogens with one attached hydrogen (secondary N) is 1. The third-order valence-electron chi connectivity index (χ3n) is 7.11. The minimum absolute atomic E-state index is 0.392. The topological polar surface area (TPSA) is 59.3 Å². The normalized spacial score (nSPS) is 20.4. The summed E-state index contributed by atoms with van der Waals surface area (Å²) in [6, 6.07) is 4.94. The summed E-state index contributed by atoms with van der Waals surface area (Å²) in [6.45, 7) is 5.43. The number of nitrogens with zero attached hydrogens (tertiary/aromatic N) is 2. The summed E-state index contributed by atoms with van der Waals surface area (Å²) in [6.07, 6.45) is 12.7. The van der Waals surface area contributed by atoms with Gasteiger partial charge in [0, 0.05) is 37.8 Å². The Morgan fingerprint density at radius 1 is 1.19 bits per heavy atom. The molecular weight excluding hydrogens is 386 g/mol. The molecule has 0 radical (unpaired) electrons. The third-order valence-corrected chi connectivity index (χ3v) is 7.11. The van der Waals surface area contributed by atoms with Gasteiger partial charge in [-0.2, -0.15) is 0 Å². The van der Waals surface area contributed by atoms with E-state index in [4.69, 9.17) is 9.72 Å². The van der Waals surface area contributed by atoms with E-state index >= 15 is 0 Å². The first kappa shape index (κ1) is 24.1. The van der Waals surface area contributed by atoms with Gasteiger partial charge in [0.25, 0.3) is 0 Å². The number of hydrogen-bond donors (Lipinski definition) is 2. The number of aromatic nitrogens is 2. The van der Waals surface area contributed by atoms with E-state index in [1.54, 1.807) is 7.11 Å². The maximum atomic E-state index is 10.7. The van der Waals surface area contributed by atoms with Crippen LogP contribution in [-0.4, -0.2) is 41.5 Å². The molecule has 1 aliphatic rings. The Morgan fingerprint density at radius 3 is 2.74 bits per heavy atom. The van der Waals surface area contributed by atoms with Crippen molar-refractivity contribution in [2.45, 2.75) is 96.6 Å². The zero-order valence-corrected chi connectivity index (χ0v) is 20.1. The molecule has 0 aliphatic heterocycles. The highest BCUT2D eigenvalue weighted by Crippen LogP contribution is 2.38. The molecule has 1 aliphatic carbocycles. The second-order valence-corrected chi connectivity index (χ2v) is 9.64. The Labute approximate surface area is 188 Å². The molecule has 1 saturated carbocycles. The van der Waals surface area contributed by atoms with Gasteiger partial charge in [-0.15, -0.1) is 0 Å². The lowest BCUT2D eigenvalue weighted by Gasteiger charge is -2.29. The number of phenolic OH excluding ortho intramolecular Hbond substituents is 1. The highest BCUT2D eigenvalue weighted by atomic mass is 16.5. The number of unbranched alkanes of at least 4 members (excludes halogenated alkanes) is 3. The lowest BCUT2D eigenvalue weighted by Crippen LogP contribution is -2.21. The van der Waals surface area contributed by atoms with E-state index in [-0.39, 0.29) is 0 Å². The number of hydrogen-bond acceptors (Lipinski definition) is 4. The molecule has 0 spiro atoms. The molecule has 0 amide bonds. The molecule has 3 unspecified atom stereocenters. The summed E-state index contributed by atoms with van der Waals surface area (Å²) in [7, 11) is 3.77. The predicted molar refractivity (Wildman–Crippen MR) is 129 cm³/mol. The first-order chi connectivity index (χ1) is 15.0. The maximum absolute atomic E-state index is 10.7. The second kappa shape index (κ2) is 11.9. The third kappa shape index (κ3) is 6.23. The van der Waals surface area contributed by atoms with Crippen LogP contribution >= 0.6 is 0 Å². The van der Waals surface area contributed by atoms with E-state index in [0.29, 0.717) is 17.8 Å². The second-order valence-electron chi connectivity index (χ2n) is 9.64. The summed E-state index contributed by atoms with van der Waals surface area (Å²) in [5.41, 5.74) is 3.26. The molecule has 31 heavy (non-hydrogen) atoms. The fourth-order valence-corrected chi connectivity index (χ4v) is 5.11. The van der Waals surface area contributed by atoms with E-state index in [1.165, 1.54) is 49.9 Å². The van der Waals surface area contributed by atoms with Gasteiger partial charge in [-0.3, -0.25) is 0 Å². The van der Waals surface area contributed by atoms with Crippen molar-refractivity contribution in [3.05, 3.63) is 23.5 Å². The Bertz CT molecular complexity index is 817. The lowest BCUT2D eigenvalue weighted by molar-refractivity contribution is 0.192. The standard InChI is InChI=1S/C26H43N3O2/c1-19-10-9-11-21(18-19)29-23-15-16-24(30)22(14-13-20(2)27-3)26(23)28-25(29)12-7-5-6-8-17-31-4/h15-16,19-21,27,30H,5-14,17-18H2,1-4H3. The van der Waals surface area contributed by atoms with Gasteiger partial charge in [-0.25, -0.2) is 4.98 Å². The van der Waals surface area contributed by atoms with E-state index in [9.17, 15) is 5.11 Å². The average molecular weight is 430 g/mol. The highest BCUT2D eigenvalue weighted by Gasteiger charge is 2.26. The molecule has 2 N–H and O–H groups in total. The Kier molecular flexibility index (Phi) is 9.21. The van der Waals surface area contributed by atoms with Crippen molar-refractivity contribution in [1.82, 2.24) is 14.9 Å². The summed E-state index contributed by atoms with van der Waals surface area (Å²) in [4.78, 5) is 5.17. The van der Waals surface area contributed by atoms with Crippen molar-refractivity contribution in [1.29, 1.82) is 0 Å². The van der Waals surface area contributed by atoms with Crippen molar-refractivity contribution in [2.24, 2.45) is 5.92 Å². The molecule has 5 nitrogen and oxygen atoms in total. The predicted octanol–water partition coefficient (Wildman–Crippen LogP) is 5.78. The van der Waals surface area contributed by atoms with Crippen molar-refractivity contribution in [2.75, 3.05) is 20.8 Å². The highest BCUT2D eigenvalue weighted by molar-refractivity contribution is 5.82. The van der Waals surface area contributed by atoms with Crippen LogP contribution in [0.25, 0.3) is 11.0 Å². The molecule has 5 heteroatoms. The van der Waals surface area contributed by atoms with Crippen molar-refractivity contribution < 1.29 is 9.84 Å². The molecule has 0 saturated heterocycles. The number of fused-ring (bicyclic) bond motifs is 1. The molecule has 1 heterocycles. The van der Waals surface area contributed by atoms with E-state index < -0.39 is 0 Å². The van der Waals surface area contributed by atoms with Crippen molar-refractivity contribution >= 4 is 11.0 Å². The van der Waals surface area contributed by atoms with Gasteiger partial charge in [0.05, 0.1) is 11.0 Å². The monoisotopic (exact) mass is 429 g/mol. The van der Waals surface area contributed by atoms with Crippen molar-refractivity contribution in [3.63, 3.8) is 0 Å². The molecule has 1 aromatic carbocycles. The molecular formula is C26H43N3O2. The summed E-state index contributed by atoms with van der Waals surface area (Å²) in [5, 5.41) is 14.0. The fourth-order valence-electron chi connectivity index (χ4n) is 5.11. The van der Waals surface area contributed by atoms with Crippen LogP contribution in [0.15, 0.2) is 12.1 Å². The van der Waals surface area contributed by atoms with Gasteiger partial charge in [0.1, 0.15) is 11.6 Å². The number of benzene rings is 1. The SMILES string of the molecule is CNC(C)CCc1c(O)ccc2c1nc(CCCCCCOC)n2C1CCCC(C)C1. The molecule has 0 bridgehead atoms. The maximum Gasteiger partial charge on any atom is 0.121 e. The van der Waals surface area contributed by atoms with Crippen molar-refractivity contribution in [3.8, 4) is 5.75 Å². The van der Waals surface area contributed by atoms with Crippen LogP contribution in [-0.2, 0) is 17.6 Å². The molecule has 1 fully saturated rings. The number of phenols is 1. The number of aromatic hydroxyl groups is 1. The largest absolute Gasteiger partial charge is 0.508 e. The zero-order valence-electron chi connectivity index (χ0n) is 20.1. The van der Waals surface area contributed by atoms with Gasteiger partial charge in [0.15, 0.2) is 0 Å². The molecule has 3 atom stereocenters. The van der Waals surface area contributed by atoms with Gasteiger partial charge in [-0.1, -0.05) is 32.6 Å². The first-order valence-electron chi connectivity index (χ1n) is 12.4. The zero-order chi connectivity index (χ0) is 22.2. The smallest absolute Gasteiger partial charge is 0.121 e. The fraction of sp³-hybridized carbons (Fsp3) is 0.731. The van der Waals surface area contributed by atoms with Gasteiger partial charge in [-0.05, 0) is 70.5 Å². The molecule has 2 aromatic rings. The number of rotatable bonds is 12. The number of aryl methyl sites for hydroxylation is 2. The quantitative estimate of drug-likeness (QED) is 0.420. The number of methoxy groups -OCH3 is 1. The van der Waals surface area contributed by atoms with Crippen LogP contribution in [0.4, 0.5) is 0 Å². The van der Waals surface area contributed by atoms with Gasteiger partial charge < -0.3 is 19.7 Å². The molecule has 174 valence electrons. The number of ether oxygens (including phenoxy) is 1. The summed E-state index contributed by atoms with van der Waals surface area (Å²) in [5.74, 6) is 2.38. The Morgan fingerprint density at radius 2 is 2.00 bits per heavy atom. The Hall–Kier alpha value is -1.59. The molecule has 1 aromatic heterocycles. The lowest BCUT2D eigenvalue weighted by atomic mass is 9.86.